The Hall–Kier alpha value is -0.830. The highest BCUT2D eigenvalue weighted by Gasteiger charge is 2.12. The predicted octanol–water partition coefficient (Wildman–Crippen LogP) is 2.28. The van der Waals surface area contributed by atoms with Gasteiger partial charge in [-0.3, -0.25) is 0 Å². The van der Waals surface area contributed by atoms with Gasteiger partial charge in [-0.15, -0.1) is 0 Å². The standard InChI is InChI=1S/C12H23NO2/c1-5-6-9-13(3,4)10-7-8-11(2)12(14)15/h8H,5-7,9-10H2,1-4H3/p+1. The number of quaternary nitrogens is 1. The highest BCUT2D eigenvalue weighted by Crippen LogP contribution is 2.05. The zero-order chi connectivity index (χ0) is 11.9. The van der Waals surface area contributed by atoms with Crippen molar-refractivity contribution in [2.24, 2.45) is 0 Å². The minimum absolute atomic E-state index is 0.450. The number of carboxylic acids is 1. The van der Waals surface area contributed by atoms with Crippen molar-refractivity contribution in [3.63, 3.8) is 0 Å². The minimum atomic E-state index is -0.811. The van der Waals surface area contributed by atoms with E-state index in [1.165, 1.54) is 12.8 Å². The number of rotatable bonds is 7. The molecule has 0 saturated carbocycles. The van der Waals surface area contributed by atoms with Crippen LogP contribution in [0.2, 0.25) is 0 Å². The maximum Gasteiger partial charge on any atom is 0.330 e. The van der Waals surface area contributed by atoms with E-state index in [9.17, 15) is 4.79 Å². The van der Waals surface area contributed by atoms with Crippen LogP contribution in [-0.2, 0) is 4.79 Å². The van der Waals surface area contributed by atoms with Crippen molar-refractivity contribution in [2.45, 2.75) is 33.1 Å². The van der Waals surface area contributed by atoms with E-state index in [2.05, 4.69) is 21.0 Å². The molecule has 0 aromatic carbocycles. The van der Waals surface area contributed by atoms with Gasteiger partial charge in [0.25, 0.3) is 0 Å². The molecular formula is C12H24NO2+. The Morgan fingerprint density at radius 3 is 2.40 bits per heavy atom. The van der Waals surface area contributed by atoms with Crippen LogP contribution < -0.4 is 0 Å². The van der Waals surface area contributed by atoms with Crippen molar-refractivity contribution in [1.29, 1.82) is 0 Å². The van der Waals surface area contributed by atoms with Gasteiger partial charge in [0.1, 0.15) is 0 Å². The van der Waals surface area contributed by atoms with Crippen molar-refractivity contribution in [2.75, 3.05) is 27.2 Å². The largest absolute Gasteiger partial charge is 0.478 e. The number of aliphatic carboxylic acids is 1. The van der Waals surface area contributed by atoms with E-state index in [0.29, 0.717) is 5.57 Å². The summed E-state index contributed by atoms with van der Waals surface area (Å²) < 4.78 is 0.969. The normalized spacial score (nSPS) is 12.9. The summed E-state index contributed by atoms with van der Waals surface area (Å²) in [6, 6.07) is 0. The van der Waals surface area contributed by atoms with Crippen LogP contribution in [0.4, 0.5) is 0 Å². The van der Waals surface area contributed by atoms with E-state index in [1.807, 2.05) is 6.08 Å². The highest BCUT2D eigenvalue weighted by atomic mass is 16.4. The monoisotopic (exact) mass is 214 g/mol. The fourth-order valence-electron chi connectivity index (χ4n) is 1.42. The summed E-state index contributed by atoms with van der Waals surface area (Å²) in [7, 11) is 4.39. The van der Waals surface area contributed by atoms with E-state index in [4.69, 9.17) is 5.11 Å². The summed E-state index contributed by atoms with van der Waals surface area (Å²) in [5.41, 5.74) is 0.450. The molecule has 0 rings (SSSR count). The lowest BCUT2D eigenvalue weighted by atomic mass is 10.2. The number of unbranched alkanes of at least 4 members (excludes halogenated alkanes) is 1. The zero-order valence-corrected chi connectivity index (χ0v) is 10.4. The summed E-state index contributed by atoms with van der Waals surface area (Å²) >= 11 is 0. The molecule has 0 radical (unpaired) electrons. The Kier molecular flexibility index (Phi) is 6.25. The average Bonchev–Trinajstić information content (AvgIpc) is 2.14. The molecule has 0 fully saturated rings. The van der Waals surface area contributed by atoms with E-state index in [-0.39, 0.29) is 0 Å². The second kappa shape index (κ2) is 6.62. The van der Waals surface area contributed by atoms with Gasteiger partial charge in [-0.1, -0.05) is 19.4 Å². The first kappa shape index (κ1) is 14.2. The zero-order valence-electron chi connectivity index (χ0n) is 10.4. The van der Waals surface area contributed by atoms with Crippen molar-refractivity contribution in [3.05, 3.63) is 11.6 Å². The molecule has 0 aliphatic rings. The lowest BCUT2D eigenvalue weighted by Crippen LogP contribution is -2.41. The van der Waals surface area contributed by atoms with Crippen molar-refractivity contribution in [3.8, 4) is 0 Å². The molecule has 0 bridgehead atoms. The maximum absolute atomic E-state index is 10.6. The Bertz CT molecular complexity index is 232. The molecule has 0 aliphatic carbocycles. The lowest BCUT2D eigenvalue weighted by Gasteiger charge is -2.29. The summed E-state index contributed by atoms with van der Waals surface area (Å²) in [5, 5.41) is 8.68. The van der Waals surface area contributed by atoms with Crippen LogP contribution in [0.3, 0.4) is 0 Å². The third kappa shape index (κ3) is 7.14. The second-order valence-electron chi connectivity index (χ2n) is 4.72. The van der Waals surface area contributed by atoms with Gasteiger partial charge in [0.05, 0.1) is 27.2 Å². The quantitative estimate of drug-likeness (QED) is 0.521. The average molecular weight is 214 g/mol. The van der Waals surface area contributed by atoms with Crippen LogP contribution in [0.1, 0.15) is 33.1 Å². The molecule has 1 N–H and O–H groups in total. The molecule has 0 atom stereocenters. The fourth-order valence-corrected chi connectivity index (χ4v) is 1.42. The lowest BCUT2D eigenvalue weighted by molar-refractivity contribution is -0.890. The molecule has 3 heteroatoms. The number of hydrogen-bond acceptors (Lipinski definition) is 1. The van der Waals surface area contributed by atoms with Gasteiger partial charge in [0.15, 0.2) is 0 Å². The molecule has 0 aromatic rings. The number of nitrogens with zero attached hydrogens (tertiary/aromatic N) is 1. The van der Waals surface area contributed by atoms with Gasteiger partial charge in [0, 0.05) is 12.0 Å². The second-order valence-corrected chi connectivity index (χ2v) is 4.72. The Morgan fingerprint density at radius 1 is 1.33 bits per heavy atom. The molecule has 0 aromatic heterocycles. The molecule has 0 unspecified atom stereocenters. The third-order valence-electron chi connectivity index (χ3n) is 2.64. The first-order valence-electron chi connectivity index (χ1n) is 5.61. The van der Waals surface area contributed by atoms with E-state index in [0.717, 1.165) is 24.0 Å². The Labute approximate surface area is 93.0 Å². The van der Waals surface area contributed by atoms with Gasteiger partial charge in [-0.05, 0) is 13.3 Å². The number of carboxylic acid groups (broad SMARTS) is 1. The van der Waals surface area contributed by atoms with Crippen LogP contribution in [0.5, 0.6) is 0 Å². The molecule has 0 heterocycles. The number of carbonyl (C=O) groups is 1. The molecule has 3 nitrogen and oxygen atoms in total. The van der Waals surface area contributed by atoms with Gasteiger partial charge >= 0.3 is 5.97 Å². The van der Waals surface area contributed by atoms with Gasteiger partial charge < -0.3 is 9.59 Å². The first-order valence-corrected chi connectivity index (χ1v) is 5.61. The molecule has 0 aliphatic heterocycles. The highest BCUT2D eigenvalue weighted by molar-refractivity contribution is 5.85. The smallest absolute Gasteiger partial charge is 0.330 e. The molecular weight excluding hydrogens is 190 g/mol. The van der Waals surface area contributed by atoms with Crippen LogP contribution in [-0.4, -0.2) is 42.7 Å². The summed E-state index contributed by atoms with van der Waals surface area (Å²) in [6.07, 6.45) is 5.10. The first-order chi connectivity index (χ1) is 6.89. The summed E-state index contributed by atoms with van der Waals surface area (Å²) in [6.45, 7) is 6.00. The molecule has 88 valence electrons. The summed E-state index contributed by atoms with van der Waals surface area (Å²) in [5.74, 6) is -0.811. The Morgan fingerprint density at radius 2 is 1.93 bits per heavy atom. The summed E-state index contributed by atoms with van der Waals surface area (Å²) in [4.78, 5) is 10.6. The van der Waals surface area contributed by atoms with Gasteiger partial charge in [0.2, 0.25) is 0 Å². The molecule has 15 heavy (non-hydrogen) atoms. The SMILES string of the molecule is CCCC[N+](C)(C)CCC=C(C)C(=O)O. The van der Waals surface area contributed by atoms with Crippen molar-refractivity contribution in [1.82, 2.24) is 0 Å². The molecule has 0 saturated heterocycles. The van der Waals surface area contributed by atoms with Gasteiger partial charge in [-0.25, -0.2) is 4.79 Å². The number of hydrogen-bond donors (Lipinski definition) is 1. The maximum atomic E-state index is 10.6. The molecule has 0 amide bonds. The van der Waals surface area contributed by atoms with Crippen LogP contribution >= 0.6 is 0 Å². The van der Waals surface area contributed by atoms with Gasteiger partial charge in [-0.2, -0.15) is 0 Å². The topological polar surface area (TPSA) is 37.3 Å². The van der Waals surface area contributed by atoms with Crippen molar-refractivity contribution < 1.29 is 14.4 Å². The fraction of sp³-hybridized carbons (Fsp3) is 0.750. The van der Waals surface area contributed by atoms with E-state index in [1.54, 1.807) is 6.92 Å². The van der Waals surface area contributed by atoms with E-state index < -0.39 is 5.97 Å². The van der Waals surface area contributed by atoms with E-state index >= 15 is 0 Å². The molecule has 0 spiro atoms. The van der Waals surface area contributed by atoms with Crippen molar-refractivity contribution >= 4 is 5.97 Å². The third-order valence-corrected chi connectivity index (χ3v) is 2.64. The van der Waals surface area contributed by atoms with Crippen LogP contribution in [0.25, 0.3) is 0 Å². The van der Waals surface area contributed by atoms with Crippen LogP contribution in [0.15, 0.2) is 11.6 Å². The van der Waals surface area contributed by atoms with Crippen LogP contribution in [0, 0.1) is 0 Å². The minimum Gasteiger partial charge on any atom is -0.478 e. The Balaban J connectivity index is 3.93. The predicted molar refractivity (Wildman–Crippen MR) is 62.8 cm³/mol.